The van der Waals surface area contributed by atoms with Gasteiger partial charge in [-0.3, -0.25) is 4.79 Å². The Morgan fingerprint density at radius 1 is 1.22 bits per heavy atom. The van der Waals surface area contributed by atoms with Gasteiger partial charge in [0.15, 0.2) is 0 Å². The smallest absolute Gasteiger partial charge is 0.263 e. The Morgan fingerprint density at radius 3 is 2.78 bits per heavy atom. The van der Waals surface area contributed by atoms with Crippen molar-refractivity contribution >= 4 is 40.3 Å². The van der Waals surface area contributed by atoms with Crippen molar-refractivity contribution in [2.75, 3.05) is 0 Å². The lowest BCUT2D eigenvalue weighted by atomic mass is 10.2. The normalized spacial score (nSPS) is 15.8. The maximum atomic E-state index is 13.2. The minimum absolute atomic E-state index is 0.208. The fraction of sp³-hybridized carbons (Fsp3) is 0.0588. The molecule has 3 rings (SSSR count). The molecule has 0 bridgehead atoms. The molecule has 0 unspecified atom stereocenters. The Kier molecular flexibility index (Phi) is 4.73. The lowest BCUT2D eigenvalue weighted by Crippen LogP contribution is -2.17. The molecule has 0 aromatic heterocycles. The van der Waals surface area contributed by atoms with E-state index in [-0.39, 0.29) is 18.3 Å². The summed E-state index contributed by atoms with van der Waals surface area (Å²) in [5.74, 6) is 0.115. The van der Waals surface area contributed by atoms with Gasteiger partial charge >= 0.3 is 0 Å². The van der Waals surface area contributed by atoms with E-state index in [9.17, 15) is 9.18 Å². The quantitative estimate of drug-likeness (QED) is 0.674. The van der Waals surface area contributed by atoms with Crippen molar-refractivity contribution in [3.63, 3.8) is 0 Å². The number of rotatable bonds is 4. The Balaban J connectivity index is 1.80. The lowest BCUT2D eigenvalue weighted by molar-refractivity contribution is -0.115. The van der Waals surface area contributed by atoms with Crippen LogP contribution in [0.5, 0.6) is 5.75 Å². The standard InChI is InChI=1S/C17H12FNO2S2/c18-13-6-3-4-11(8-13)10-21-14-7-2-1-5-12(14)9-15-16(20)19-17(22)23-15/h1-9H,10H2,(H,19,20,22). The number of thiocarbonyl (C=S) groups is 1. The van der Waals surface area contributed by atoms with Crippen LogP contribution in [0.4, 0.5) is 4.39 Å². The molecule has 3 nitrogen and oxygen atoms in total. The molecule has 0 saturated carbocycles. The number of halogens is 1. The molecule has 1 saturated heterocycles. The topological polar surface area (TPSA) is 38.3 Å². The van der Waals surface area contributed by atoms with E-state index in [0.717, 1.165) is 11.1 Å². The third kappa shape index (κ3) is 3.97. The summed E-state index contributed by atoms with van der Waals surface area (Å²) >= 11 is 6.19. The van der Waals surface area contributed by atoms with Gasteiger partial charge < -0.3 is 10.1 Å². The van der Waals surface area contributed by atoms with Gasteiger partial charge in [0.2, 0.25) is 0 Å². The van der Waals surface area contributed by atoms with Crippen molar-refractivity contribution in [3.8, 4) is 5.75 Å². The predicted molar refractivity (Wildman–Crippen MR) is 93.5 cm³/mol. The second-order valence-corrected chi connectivity index (χ2v) is 6.53. The van der Waals surface area contributed by atoms with Crippen molar-refractivity contribution in [1.29, 1.82) is 0 Å². The summed E-state index contributed by atoms with van der Waals surface area (Å²) < 4.78 is 19.4. The second-order valence-electron chi connectivity index (χ2n) is 4.81. The van der Waals surface area contributed by atoms with Gasteiger partial charge in [-0.05, 0) is 29.8 Å². The van der Waals surface area contributed by atoms with Crippen LogP contribution in [0.1, 0.15) is 11.1 Å². The number of carbonyl (C=O) groups is 1. The predicted octanol–water partition coefficient (Wildman–Crippen LogP) is 3.89. The molecule has 1 amide bonds. The molecule has 6 heteroatoms. The van der Waals surface area contributed by atoms with Crippen LogP contribution in [0.3, 0.4) is 0 Å². The number of hydrogen-bond donors (Lipinski definition) is 1. The van der Waals surface area contributed by atoms with E-state index in [4.69, 9.17) is 17.0 Å². The van der Waals surface area contributed by atoms with Crippen molar-refractivity contribution < 1.29 is 13.9 Å². The second kappa shape index (κ2) is 6.93. The van der Waals surface area contributed by atoms with E-state index in [1.807, 2.05) is 24.3 Å². The van der Waals surface area contributed by atoms with E-state index < -0.39 is 0 Å². The third-order valence-electron chi connectivity index (χ3n) is 3.13. The fourth-order valence-electron chi connectivity index (χ4n) is 2.08. The van der Waals surface area contributed by atoms with Gasteiger partial charge in [-0.1, -0.05) is 54.3 Å². The highest BCUT2D eigenvalue weighted by molar-refractivity contribution is 8.26. The molecular weight excluding hydrogens is 333 g/mol. The molecule has 0 radical (unpaired) electrons. The number of amides is 1. The zero-order chi connectivity index (χ0) is 16.2. The summed E-state index contributed by atoms with van der Waals surface area (Å²) in [5.41, 5.74) is 1.51. The molecule has 1 aliphatic heterocycles. The van der Waals surface area contributed by atoms with E-state index in [2.05, 4.69) is 5.32 Å². The first kappa shape index (κ1) is 15.7. The molecule has 116 valence electrons. The van der Waals surface area contributed by atoms with Crippen LogP contribution in [0.2, 0.25) is 0 Å². The maximum absolute atomic E-state index is 13.2. The van der Waals surface area contributed by atoms with Crippen LogP contribution in [0.25, 0.3) is 6.08 Å². The van der Waals surface area contributed by atoms with Crippen LogP contribution < -0.4 is 10.1 Å². The minimum atomic E-state index is -0.297. The van der Waals surface area contributed by atoms with E-state index >= 15 is 0 Å². The van der Waals surface area contributed by atoms with Crippen molar-refractivity contribution in [3.05, 3.63) is 70.4 Å². The fourth-order valence-corrected chi connectivity index (χ4v) is 3.12. The van der Waals surface area contributed by atoms with Gasteiger partial charge in [-0.15, -0.1) is 0 Å². The Bertz CT molecular complexity index is 805. The average molecular weight is 345 g/mol. The molecule has 0 spiro atoms. The summed E-state index contributed by atoms with van der Waals surface area (Å²) in [5, 5.41) is 2.58. The summed E-state index contributed by atoms with van der Waals surface area (Å²) in [6.07, 6.45) is 1.74. The molecule has 2 aromatic rings. The average Bonchev–Trinajstić information content (AvgIpc) is 2.84. The SMILES string of the molecule is O=C1NC(=S)SC1=Cc1ccccc1OCc1cccc(F)c1. The summed E-state index contributed by atoms with van der Waals surface area (Å²) in [6.45, 7) is 0.246. The van der Waals surface area contributed by atoms with Crippen molar-refractivity contribution in [2.45, 2.75) is 6.61 Å². The highest BCUT2D eigenvalue weighted by Crippen LogP contribution is 2.29. The Labute approximate surface area is 142 Å². The number of nitrogens with one attached hydrogen (secondary N) is 1. The third-order valence-corrected chi connectivity index (χ3v) is 4.29. The number of carbonyl (C=O) groups excluding carboxylic acids is 1. The maximum Gasteiger partial charge on any atom is 0.263 e. The molecule has 1 fully saturated rings. The molecular formula is C17H12FNO2S2. The van der Waals surface area contributed by atoms with Gasteiger partial charge in [0, 0.05) is 5.56 Å². The van der Waals surface area contributed by atoms with Gasteiger partial charge in [-0.2, -0.15) is 0 Å². The molecule has 1 heterocycles. The van der Waals surface area contributed by atoms with Gasteiger partial charge in [0.1, 0.15) is 22.5 Å². The summed E-state index contributed by atoms with van der Waals surface area (Å²) in [7, 11) is 0. The van der Waals surface area contributed by atoms with Crippen LogP contribution in [-0.4, -0.2) is 10.2 Å². The monoisotopic (exact) mass is 345 g/mol. The Morgan fingerprint density at radius 2 is 2.04 bits per heavy atom. The first-order valence-electron chi connectivity index (χ1n) is 6.83. The molecule has 1 aliphatic rings. The first-order chi connectivity index (χ1) is 11.1. The van der Waals surface area contributed by atoms with Crippen LogP contribution in [0.15, 0.2) is 53.4 Å². The van der Waals surface area contributed by atoms with Crippen LogP contribution >= 0.6 is 24.0 Å². The van der Waals surface area contributed by atoms with Gasteiger partial charge in [0.25, 0.3) is 5.91 Å². The zero-order valence-electron chi connectivity index (χ0n) is 11.9. The summed E-state index contributed by atoms with van der Waals surface area (Å²) in [6, 6.07) is 13.6. The largest absolute Gasteiger partial charge is 0.488 e. The van der Waals surface area contributed by atoms with E-state index in [1.54, 1.807) is 18.2 Å². The highest BCUT2D eigenvalue weighted by atomic mass is 32.2. The number of benzene rings is 2. The van der Waals surface area contributed by atoms with E-state index in [0.29, 0.717) is 15.0 Å². The number of para-hydroxylation sites is 1. The highest BCUT2D eigenvalue weighted by Gasteiger charge is 2.22. The molecule has 0 atom stereocenters. The number of ether oxygens (including phenoxy) is 1. The van der Waals surface area contributed by atoms with E-state index in [1.165, 1.54) is 23.9 Å². The molecule has 1 N–H and O–H groups in total. The number of hydrogen-bond acceptors (Lipinski definition) is 4. The lowest BCUT2D eigenvalue weighted by Gasteiger charge is -2.09. The summed E-state index contributed by atoms with van der Waals surface area (Å²) in [4.78, 5) is 12.3. The van der Waals surface area contributed by atoms with Gasteiger partial charge in [-0.25, -0.2) is 4.39 Å². The van der Waals surface area contributed by atoms with Crippen molar-refractivity contribution in [1.82, 2.24) is 5.32 Å². The Hall–Kier alpha value is -2.18. The molecule has 23 heavy (non-hydrogen) atoms. The molecule has 2 aromatic carbocycles. The minimum Gasteiger partial charge on any atom is -0.488 e. The zero-order valence-corrected chi connectivity index (χ0v) is 13.5. The van der Waals surface area contributed by atoms with Crippen LogP contribution in [-0.2, 0) is 11.4 Å². The van der Waals surface area contributed by atoms with Crippen LogP contribution in [0, 0.1) is 5.82 Å². The molecule has 0 aliphatic carbocycles. The first-order valence-corrected chi connectivity index (χ1v) is 8.05. The van der Waals surface area contributed by atoms with Crippen molar-refractivity contribution in [2.24, 2.45) is 0 Å². The number of thioether (sulfide) groups is 1. The van der Waals surface area contributed by atoms with Gasteiger partial charge in [0.05, 0.1) is 4.91 Å².